The fourth-order valence-electron chi connectivity index (χ4n) is 0.634. The van der Waals surface area contributed by atoms with Gasteiger partial charge >= 0.3 is 0 Å². The van der Waals surface area contributed by atoms with Crippen LogP contribution in [0.5, 0.6) is 0 Å². The molecule has 0 saturated heterocycles. The lowest BCUT2D eigenvalue weighted by Gasteiger charge is -1.97. The molecule has 0 spiro atoms. The number of nitrogens with one attached hydrogen (secondary N) is 1. The molecule has 0 heterocycles. The van der Waals surface area contributed by atoms with Gasteiger partial charge in [-0.1, -0.05) is 24.3 Å². The number of rotatable bonds is 4. The Balaban J connectivity index is 0. The van der Waals surface area contributed by atoms with Crippen LogP contribution in [-0.4, -0.2) is 13.6 Å². The molecular formula is C11H19N. The molecule has 0 atom stereocenters. The summed E-state index contributed by atoms with van der Waals surface area (Å²) >= 11 is 0. The van der Waals surface area contributed by atoms with Crippen LogP contribution in [-0.2, 0) is 0 Å². The second-order valence-corrected chi connectivity index (χ2v) is 2.21. The van der Waals surface area contributed by atoms with Gasteiger partial charge in [0.25, 0.3) is 0 Å². The van der Waals surface area contributed by atoms with Gasteiger partial charge in [0.15, 0.2) is 0 Å². The summed E-state index contributed by atoms with van der Waals surface area (Å²) < 4.78 is 0. The van der Waals surface area contributed by atoms with E-state index < -0.39 is 0 Å². The average molecular weight is 165 g/mol. The minimum atomic E-state index is 1.03. The highest BCUT2D eigenvalue weighted by atomic mass is 14.8. The van der Waals surface area contributed by atoms with Gasteiger partial charge in [0, 0.05) is 0 Å². The van der Waals surface area contributed by atoms with Crippen LogP contribution in [0, 0.1) is 12.3 Å². The Morgan fingerprint density at radius 3 is 2.42 bits per heavy atom. The predicted octanol–water partition coefficient (Wildman–Crippen LogP) is 2.37. The third kappa shape index (κ3) is 11.8. The zero-order valence-electron chi connectivity index (χ0n) is 8.35. The summed E-state index contributed by atoms with van der Waals surface area (Å²) in [4.78, 5) is 0. The molecule has 0 radical (unpaired) electrons. The van der Waals surface area contributed by atoms with Crippen LogP contribution < -0.4 is 5.32 Å². The minimum absolute atomic E-state index is 1.03. The summed E-state index contributed by atoms with van der Waals surface area (Å²) in [5.41, 5.74) is 1.31. The smallest absolute Gasteiger partial charge is 0.00115 e. The van der Waals surface area contributed by atoms with E-state index in [1.165, 1.54) is 5.57 Å². The lowest BCUT2D eigenvalue weighted by molar-refractivity contribution is 0.793. The maximum Gasteiger partial charge on any atom is -0.00115 e. The van der Waals surface area contributed by atoms with Crippen LogP contribution in [0.15, 0.2) is 24.3 Å². The van der Waals surface area contributed by atoms with Crippen molar-refractivity contribution in [3.05, 3.63) is 24.3 Å². The Kier molecular flexibility index (Phi) is 14.3. The molecule has 0 aromatic carbocycles. The van der Waals surface area contributed by atoms with Crippen LogP contribution in [0.2, 0.25) is 0 Å². The zero-order chi connectivity index (χ0) is 9.82. The molecule has 0 aliphatic rings. The van der Waals surface area contributed by atoms with Gasteiger partial charge in [-0.3, -0.25) is 0 Å². The van der Waals surface area contributed by atoms with Gasteiger partial charge in [0.2, 0.25) is 0 Å². The van der Waals surface area contributed by atoms with Crippen molar-refractivity contribution in [2.75, 3.05) is 13.6 Å². The lowest BCUT2D eigenvalue weighted by Crippen LogP contribution is -2.07. The van der Waals surface area contributed by atoms with Crippen molar-refractivity contribution in [3.63, 3.8) is 0 Å². The first-order chi connectivity index (χ1) is 5.76. The zero-order valence-corrected chi connectivity index (χ0v) is 8.35. The minimum Gasteiger partial charge on any atom is -0.319 e. The number of hydrogen-bond acceptors (Lipinski definition) is 1. The summed E-state index contributed by atoms with van der Waals surface area (Å²) in [6, 6.07) is 0. The molecule has 0 aromatic rings. The summed E-state index contributed by atoms with van der Waals surface area (Å²) in [6.07, 6.45) is 9.66. The molecule has 0 amide bonds. The second-order valence-electron chi connectivity index (χ2n) is 2.21. The van der Waals surface area contributed by atoms with E-state index in [1.54, 1.807) is 6.92 Å². The summed E-state index contributed by atoms with van der Waals surface area (Å²) in [7, 11) is 1.95. The van der Waals surface area contributed by atoms with E-state index in [4.69, 9.17) is 0 Å². The van der Waals surface area contributed by atoms with E-state index >= 15 is 0 Å². The van der Waals surface area contributed by atoms with Crippen LogP contribution >= 0.6 is 0 Å². The topological polar surface area (TPSA) is 12.0 Å². The second kappa shape index (κ2) is 12.7. The van der Waals surface area contributed by atoms with E-state index in [1.807, 2.05) is 20.0 Å². The van der Waals surface area contributed by atoms with Crippen molar-refractivity contribution >= 4 is 0 Å². The largest absolute Gasteiger partial charge is 0.319 e. The number of hydrogen-bond donors (Lipinski definition) is 1. The monoisotopic (exact) mass is 165 g/mol. The van der Waals surface area contributed by atoms with Gasteiger partial charge in [-0.05, 0) is 33.9 Å². The van der Waals surface area contributed by atoms with Crippen LogP contribution in [0.25, 0.3) is 0 Å². The highest BCUT2D eigenvalue weighted by molar-refractivity contribution is 5.14. The van der Waals surface area contributed by atoms with Crippen molar-refractivity contribution < 1.29 is 0 Å². The van der Waals surface area contributed by atoms with Crippen molar-refractivity contribution in [1.29, 1.82) is 0 Å². The average Bonchev–Trinajstić information content (AvgIpc) is 2.08. The van der Waals surface area contributed by atoms with E-state index in [9.17, 15) is 0 Å². The molecule has 68 valence electrons. The Morgan fingerprint density at radius 2 is 2.17 bits per heavy atom. The Morgan fingerprint density at radius 1 is 1.67 bits per heavy atom. The first-order valence-electron chi connectivity index (χ1n) is 4.06. The van der Waals surface area contributed by atoms with Gasteiger partial charge in [0.05, 0.1) is 0 Å². The fourth-order valence-corrected chi connectivity index (χ4v) is 0.634. The van der Waals surface area contributed by atoms with Gasteiger partial charge in [-0.2, -0.15) is 0 Å². The molecule has 0 aliphatic carbocycles. The summed E-state index contributed by atoms with van der Waals surface area (Å²) in [6.45, 7) is 8.41. The SMILES string of the molecule is C#CC.C=C/C(=C\C)CCNC. The fraction of sp³-hybridized carbons (Fsp3) is 0.455. The molecule has 1 heteroatoms. The predicted molar refractivity (Wildman–Crippen MR) is 57.0 cm³/mol. The maximum atomic E-state index is 4.60. The Hall–Kier alpha value is -1.00. The van der Waals surface area contributed by atoms with Crippen molar-refractivity contribution in [2.45, 2.75) is 20.3 Å². The summed E-state index contributed by atoms with van der Waals surface area (Å²) in [5.74, 6) is 2.25. The van der Waals surface area contributed by atoms with E-state index in [0.717, 1.165) is 13.0 Å². The van der Waals surface area contributed by atoms with Crippen LogP contribution in [0.1, 0.15) is 20.3 Å². The number of terminal acetylenes is 1. The Labute approximate surface area is 76.6 Å². The quantitative estimate of drug-likeness (QED) is 0.498. The van der Waals surface area contributed by atoms with Crippen LogP contribution in [0.3, 0.4) is 0 Å². The third-order valence-corrected chi connectivity index (χ3v) is 1.30. The Bertz CT molecular complexity index is 160. The van der Waals surface area contributed by atoms with Crippen molar-refractivity contribution in [1.82, 2.24) is 5.32 Å². The van der Waals surface area contributed by atoms with E-state index in [0.29, 0.717) is 0 Å². The molecule has 1 N–H and O–H groups in total. The van der Waals surface area contributed by atoms with Gasteiger partial charge in [0.1, 0.15) is 0 Å². The van der Waals surface area contributed by atoms with Gasteiger partial charge in [-0.25, -0.2) is 0 Å². The highest BCUT2D eigenvalue weighted by Crippen LogP contribution is 1.99. The normalized spacial score (nSPS) is 9.33. The molecule has 12 heavy (non-hydrogen) atoms. The van der Waals surface area contributed by atoms with Gasteiger partial charge < -0.3 is 5.32 Å². The molecule has 0 fully saturated rings. The van der Waals surface area contributed by atoms with E-state index in [2.05, 4.69) is 30.3 Å². The van der Waals surface area contributed by atoms with Crippen molar-refractivity contribution in [3.8, 4) is 12.3 Å². The van der Waals surface area contributed by atoms with E-state index in [-0.39, 0.29) is 0 Å². The molecule has 0 aromatic heterocycles. The molecule has 0 bridgehead atoms. The molecule has 0 aliphatic heterocycles. The first kappa shape index (κ1) is 13.6. The molecular weight excluding hydrogens is 146 g/mol. The van der Waals surface area contributed by atoms with Crippen molar-refractivity contribution in [2.24, 2.45) is 0 Å². The van der Waals surface area contributed by atoms with Crippen LogP contribution in [0.4, 0.5) is 0 Å². The molecule has 0 unspecified atom stereocenters. The number of allylic oxidation sites excluding steroid dienone is 2. The lowest BCUT2D eigenvalue weighted by atomic mass is 10.2. The third-order valence-electron chi connectivity index (χ3n) is 1.30. The highest BCUT2D eigenvalue weighted by Gasteiger charge is 1.85. The van der Waals surface area contributed by atoms with Gasteiger partial charge in [-0.15, -0.1) is 12.3 Å². The summed E-state index contributed by atoms with van der Waals surface area (Å²) in [5, 5.41) is 3.08. The molecule has 0 rings (SSSR count). The molecule has 1 nitrogen and oxygen atoms in total. The molecule has 0 saturated carbocycles. The first-order valence-corrected chi connectivity index (χ1v) is 4.06. The maximum absolute atomic E-state index is 4.60. The standard InChI is InChI=1S/C8H15N.C3H4/c1-4-8(5-2)6-7-9-3;1-3-2/h4-5,9H,1,6-7H2,2-3H3;1H,2H3/b8-5+;.